The molecular formula is C17H29NO3. The molecule has 0 heterocycles. The lowest BCUT2D eigenvalue weighted by atomic mass is 10.1. The van der Waals surface area contributed by atoms with Gasteiger partial charge in [0.25, 0.3) is 0 Å². The molecule has 1 N–H and O–H groups in total. The molecule has 0 saturated heterocycles. The molecule has 0 unspecified atom stereocenters. The Morgan fingerprint density at radius 1 is 1.00 bits per heavy atom. The van der Waals surface area contributed by atoms with Crippen molar-refractivity contribution in [1.29, 1.82) is 0 Å². The molecule has 4 nitrogen and oxygen atoms in total. The molecule has 0 atom stereocenters. The van der Waals surface area contributed by atoms with Crippen molar-refractivity contribution < 1.29 is 14.2 Å². The number of rotatable bonds is 11. The van der Waals surface area contributed by atoms with Crippen LogP contribution < -0.4 is 14.8 Å². The Kier molecular flexibility index (Phi) is 8.87. The van der Waals surface area contributed by atoms with Crippen LogP contribution in [0.3, 0.4) is 0 Å². The highest BCUT2D eigenvalue weighted by atomic mass is 16.5. The average Bonchev–Trinajstić information content (AvgIpc) is 2.45. The summed E-state index contributed by atoms with van der Waals surface area (Å²) in [6.07, 6.45) is 0.883. The van der Waals surface area contributed by atoms with Gasteiger partial charge in [-0.25, -0.2) is 0 Å². The Hall–Kier alpha value is -1.26. The maximum absolute atomic E-state index is 5.63. The van der Waals surface area contributed by atoms with Crippen LogP contribution in [-0.2, 0) is 11.2 Å². The second kappa shape index (κ2) is 10.5. The van der Waals surface area contributed by atoms with E-state index in [4.69, 9.17) is 14.2 Å². The van der Waals surface area contributed by atoms with Crippen LogP contribution in [0.1, 0.15) is 33.3 Å². The molecule has 0 amide bonds. The highest BCUT2D eigenvalue weighted by Crippen LogP contribution is 2.28. The van der Waals surface area contributed by atoms with Gasteiger partial charge in [0.1, 0.15) is 0 Å². The van der Waals surface area contributed by atoms with Crippen LogP contribution in [0.5, 0.6) is 11.5 Å². The summed E-state index contributed by atoms with van der Waals surface area (Å²) in [4.78, 5) is 0. The zero-order valence-corrected chi connectivity index (χ0v) is 13.8. The van der Waals surface area contributed by atoms with E-state index in [1.807, 2.05) is 26.0 Å². The molecule has 1 aromatic carbocycles. The number of benzene rings is 1. The second-order valence-corrected chi connectivity index (χ2v) is 5.12. The first kappa shape index (κ1) is 17.8. The third-order valence-corrected chi connectivity index (χ3v) is 2.94. The van der Waals surface area contributed by atoms with Gasteiger partial charge >= 0.3 is 0 Å². The second-order valence-electron chi connectivity index (χ2n) is 5.12. The summed E-state index contributed by atoms with van der Waals surface area (Å²) in [5, 5.41) is 3.33. The van der Waals surface area contributed by atoms with E-state index in [2.05, 4.69) is 25.2 Å². The number of hydrogen-bond acceptors (Lipinski definition) is 4. The Bertz CT molecular complexity index is 394. The van der Waals surface area contributed by atoms with E-state index in [1.165, 1.54) is 5.56 Å². The van der Waals surface area contributed by atoms with Crippen molar-refractivity contribution in [3.8, 4) is 11.5 Å². The molecule has 0 aliphatic heterocycles. The smallest absolute Gasteiger partial charge is 0.161 e. The first-order valence-corrected chi connectivity index (χ1v) is 7.87. The third kappa shape index (κ3) is 7.34. The monoisotopic (exact) mass is 295 g/mol. The summed E-state index contributed by atoms with van der Waals surface area (Å²) >= 11 is 0. The zero-order chi connectivity index (χ0) is 15.5. The van der Waals surface area contributed by atoms with Crippen LogP contribution in [0.25, 0.3) is 0 Å². The van der Waals surface area contributed by atoms with Gasteiger partial charge in [-0.15, -0.1) is 0 Å². The van der Waals surface area contributed by atoms with Crippen LogP contribution in [0.2, 0.25) is 0 Å². The van der Waals surface area contributed by atoms with Crippen molar-refractivity contribution in [2.24, 2.45) is 0 Å². The average molecular weight is 295 g/mol. The minimum Gasteiger partial charge on any atom is -0.490 e. The summed E-state index contributed by atoms with van der Waals surface area (Å²) in [6, 6.07) is 6.60. The minimum absolute atomic E-state index is 0.508. The van der Waals surface area contributed by atoms with Crippen LogP contribution in [-0.4, -0.2) is 39.0 Å². The Labute approximate surface area is 128 Å². The Morgan fingerprint density at radius 3 is 2.38 bits per heavy atom. The van der Waals surface area contributed by atoms with Crippen LogP contribution in [0.4, 0.5) is 0 Å². The minimum atomic E-state index is 0.508. The molecule has 0 aliphatic rings. The molecule has 0 bridgehead atoms. The lowest BCUT2D eigenvalue weighted by Gasteiger charge is -2.13. The van der Waals surface area contributed by atoms with E-state index in [0.717, 1.165) is 37.7 Å². The molecule has 0 radical (unpaired) electrons. The van der Waals surface area contributed by atoms with Gasteiger partial charge in [0.2, 0.25) is 0 Å². The topological polar surface area (TPSA) is 39.7 Å². The van der Waals surface area contributed by atoms with Crippen molar-refractivity contribution in [2.75, 3.05) is 33.0 Å². The fourth-order valence-electron chi connectivity index (χ4n) is 1.96. The number of hydrogen-bond donors (Lipinski definition) is 1. The van der Waals surface area contributed by atoms with Gasteiger partial charge in [0, 0.05) is 12.6 Å². The number of nitrogens with one attached hydrogen (secondary N) is 1. The molecule has 1 aromatic rings. The van der Waals surface area contributed by atoms with Gasteiger partial charge in [-0.2, -0.15) is 0 Å². The number of ether oxygens (including phenoxy) is 3. The predicted molar refractivity (Wildman–Crippen MR) is 86.4 cm³/mol. The highest BCUT2D eigenvalue weighted by molar-refractivity contribution is 5.43. The molecular weight excluding hydrogens is 266 g/mol. The van der Waals surface area contributed by atoms with Gasteiger partial charge < -0.3 is 19.5 Å². The van der Waals surface area contributed by atoms with Crippen molar-refractivity contribution >= 4 is 0 Å². The third-order valence-electron chi connectivity index (χ3n) is 2.94. The van der Waals surface area contributed by atoms with Crippen molar-refractivity contribution in [3.63, 3.8) is 0 Å². The largest absolute Gasteiger partial charge is 0.490 e. The highest BCUT2D eigenvalue weighted by Gasteiger charge is 2.06. The molecule has 1 rings (SSSR count). The fraction of sp³-hybridized carbons (Fsp3) is 0.647. The molecule has 21 heavy (non-hydrogen) atoms. The van der Waals surface area contributed by atoms with Crippen LogP contribution in [0, 0.1) is 0 Å². The molecule has 0 saturated carbocycles. The van der Waals surface area contributed by atoms with Gasteiger partial charge in [-0.05, 0) is 38.0 Å². The van der Waals surface area contributed by atoms with Crippen LogP contribution >= 0.6 is 0 Å². The lowest BCUT2D eigenvalue weighted by Crippen LogP contribution is -2.26. The van der Waals surface area contributed by atoms with Crippen molar-refractivity contribution in [3.05, 3.63) is 23.8 Å². The SMILES string of the molecule is CCOc1ccc(CCOCCNC(C)C)cc1OCC. The van der Waals surface area contributed by atoms with Crippen molar-refractivity contribution in [2.45, 2.75) is 40.2 Å². The Morgan fingerprint density at radius 2 is 1.71 bits per heavy atom. The molecule has 120 valence electrons. The summed E-state index contributed by atoms with van der Waals surface area (Å²) in [5.74, 6) is 1.63. The van der Waals surface area contributed by atoms with Gasteiger partial charge in [-0.1, -0.05) is 19.9 Å². The van der Waals surface area contributed by atoms with Gasteiger partial charge in [0.05, 0.1) is 26.4 Å². The Balaban J connectivity index is 2.39. The maximum Gasteiger partial charge on any atom is 0.161 e. The maximum atomic E-state index is 5.63. The molecule has 0 aromatic heterocycles. The lowest BCUT2D eigenvalue weighted by molar-refractivity contribution is 0.137. The quantitative estimate of drug-likeness (QED) is 0.637. The van der Waals surface area contributed by atoms with E-state index in [1.54, 1.807) is 0 Å². The van der Waals surface area contributed by atoms with E-state index in [9.17, 15) is 0 Å². The van der Waals surface area contributed by atoms with E-state index in [0.29, 0.717) is 19.3 Å². The van der Waals surface area contributed by atoms with Crippen molar-refractivity contribution in [1.82, 2.24) is 5.32 Å². The van der Waals surface area contributed by atoms with E-state index < -0.39 is 0 Å². The zero-order valence-electron chi connectivity index (χ0n) is 13.8. The normalized spacial score (nSPS) is 10.9. The molecule has 0 spiro atoms. The van der Waals surface area contributed by atoms with Gasteiger partial charge in [-0.3, -0.25) is 0 Å². The van der Waals surface area contributed by atoms with Gasteiger partial charge in [0.15, 0.2) is 11.5 Å². The summed E-state index contributed by atoms with van der Waals surface area (Å²) in [5.41, 5.74) is 1.21. The molecule has 0 fully saturated rings. The van der Waals surface area contributed by atoms with E-state index in [-0.39, 0.29) is 0 Å². The molecule has 0 aliphatic carbocycles. The predicted octanol–water partition coefficient (Wildman–Crippen LogP) is 3.04. The summed E-state index contributed by atoms with van der Waals surface area (Å²) in [6.45, 7) is 11.9. The molecule has 4 heteroatoms. The van der Waals surface area contributed by atoms with Crippen LogP contribution in [0.15, 0.2) is 18.2 Å². The summed E-state index contributed by atoms with van der Waals surface area (Å²) in [7, 11) is 0. The van der Waals surface area contributed by atoms with E-state index >= 15 is 0 Å². The fourth-order valence-corrected chi connectivity index (χ4v) is 1.96. The standard InChI is InChI=1S/C17H29NO3/c1-5-20-16-8-7-15(13-17(16)21-6-2)9-11-19-12-10-18-14(3)4/h7-8,13-14,18H,5-6,9-12H2,1-4H3. The first-order valence-electron chi connectivity index (χ1n) is 7.87. The first-order chi connectivity index (χ1) is 10.2. The summed E-state index contributed by atoms with van der Waals surface area (Å²) < 4.78 is 16.8.